The van der Waals surface area contributed by atoms with Crippen molar-refractivity contribution in [2.75, 3.05) is 34.2 Å². The number of benzene rings is 1. The molecular weight excluding hydrogens is 290 g/mol. The lowest BCUT2D eigenvalue weighted by Crippen LogP contribution is -2.32. The van der Waals surface area contributed by atoms with E-state index in [0.29, 0.717) is 5.25 Å². The molecule has 120 valence electrons. The van der Waals surface area contributed by atoms with Crippen molar-refractivity contribution in [1.82, 2.24) is 9.80 Å². The Morgan fingerprint density at radius 3 is 2.41 bits per heavy atom. The minimum atomic E-state index is 0.612. The Hall–Kier alpha value is -1.26. The summed E-state index contributed by atoms with van der Waals surface area (Å²) in [6, 6.07) is 8.81. The van der Waals surface area contributed by atoms with Crippen molar-refractivity contribution in [3.05, 3.63) is 41.2 Å². The molecule has 1 aromatic carbocycles. The smallest absolute Gasteiger partial charge is 0.0735 e. The fourth-order valence-corrected chi connectivity index (χ4v) is 3.28. The summed E-state index contributed by atoms with van der Waals surface area (Å²) in [6.07, 6.45) is 0. The molecule has 1 aliphatic rings. The highest BCUT2D eigenvalue weighted by Crippen LogP contribution is 2.24. The predicted molar refractivity (Wildman–Crippen MR) is 97.9 cm³/mol. The summed E-state index contributed by atoms with van der Waals surface area (Å²) in [6.45, 7) is 8.35. The second-order valence-electron chi connectivity index (χ2n) is 6.38. The van der Waals surface area contributed by atoms with Crippen LogP contribution in [0.3, 0.4) is 0 Å². The Bertz CT molecular complexity index is 570. The molecule has 0 bridgehead atoms. The Kier molecular flexibility index (Phi) is 5.70. The molecule has 0 atom stereocenters. The van der Waals surface area contributed by atoms with Crippen LogP contribution in [0.25, 0.3) is 0 Å². The zero-order valence-corrected chi connectivity index (χ0v) is 15.4. The first-order valence-corrected chi connectivity index (χ1v) is 8.65. The Balaban J connectivity index is 2.24. The Labute approximate surface area is 139 Å². The number of aliphatic imine (C=N–C) groups is 1. The van der Waals surface area contributed by atoms with Crippen LogP contribution in [0.15, 0.2) is 45.5 Å². The summed E-state index contributed by atoms with van der Waals surface area (Å²) in [5.41, 5.74) is 4.81. The van der Waals surface area contributed by atoms with E-state index in [1.165, 1.54) is 16.2 Å². The molecule has 0 saturated carbocycles. The van der Waals surface area contributed by atoms with Crippen LogP contribution in [0, 0.1) is 0 Å². The summed E-state index contributed by atoms with van der Waals surface area (Å²) in [7, 11) is 6.31. The monoisotopic (exact) mass is 317 g/mol. The maximum atomic E-state index is 4.92. The van der Waals surface area contributed by atoms with Crippen molar-refractivity contribution in [3.63, 3.8) is 0 Å². The van der Waals surface area contributed by atoms with Gasteiger partial charge >= 0.3 is 0 Å². The van der Waals surface area contributed by atoms with Gasteiger partial charge in [0.05, 0.1) is 18.0 Å². The van der Waals surface area contributed by atoms with Gasteiger partial charge in [-0.1, -0.05) is 26.0 Å². The fourth-order valence-electron chi connectivity index (χ4n) is 2.45. The molecule has 2 rings (SSSR count). The Morgan fingerprint density at radius 1 is 1.23 bits per heavy atom. The third-order valence-electron chi connectivity index (χ3n) is 3.67. The van der Waals surface area contributed by atoms with Crippen molar-refractivity contribution in [3.8, 4) is 0 Å². The zero-order valence-electron chi connectivity index (χ0n) is 14.6. The molecule has 0 N–H and O–H groups in total. The summed E-state index contributed by atoms with van der Waals surface area (Å²) in [5, 5.41) is 0.612. The van der Waals surface area contributed by atoms with Gasteiger partial charge in [-0.2, -0.15) is 0 Å². The topological polar surface area (TPSA) is 18.8 Å². The molecule has 1 heterocycles. The molecule has 0 radical (unpaired) electrons. The molecule has 0 aliphatic carbocycles. The van der Waals surface area contributed by atoms with Crippen molar-refractivity contribution in [2.24, 2.45) is 4.99 Å². The van der Waals surface area contributed by atoms with Crippen molar-refractivity contribution in [1.29, 1.82) is 0 Å². The molecule has 0 aromatic heterocycles. The van der Waals surface area contributed by atoms with Gasteiger partial charge in [0.2, 0.25) is 0 Å². The average molecular weight is 318 g/mol. The van der Waals surface area contributed by atoms with Gasteiger partial charge in [-0.25, -0.2) is 0 Å². The lowest BCUT2D eigenvalue weighted by molar-refractivity contribution is 0.413. The van der Waals surface area contributed by atoms with Gasteiger partial charge in [0.1, 0.15) is 0 Å². The van der Waals surface area contributed by atoms with E-state index in [9.17, 15) is 0 Å². The van der Waals surface area contributed by atoms with Crippen LogP contribution in [-0.2, 0) is 0 Å². The second-order valence-corrected chi connectivity index (χ2v) is 8.03. The molecule has 22 heavy (non-hydrogen) atoms. The molecule has 0 spiro atoms. The lowest BCUT2D eigenvalue weighted by Gasteiger charge is -2.29. The molecule has 0 amide bonds. The number of thioether (sulfide) groups is 1. The zero-order chi connectivity index (χ0) is 16.3. The van der Waals surface area contributed by atoms with Crippen molar-refractivity contribution in [2.45, 2.75) is 30.9 Å². The lowest BCUT2D eigenvalue weighted by atomic mass is 10.1. The van der Waals surface area contributed by atoms with E-state index in [4.69, 9.17) is 4.99 Å². The number of hydrogen-bond acceptors (Lipinski definition) is 4. The van der Waals surface area contributed by atoms with Crippen molar-refractivity contribution < 1.29 is 0 Å². The molecule has 3 nitrogen and oxygen atoms in total. The molecule has 4 heteroatoms. The van der Waals surface area contributed by atoms with E-state index in [-0.39, 0.29) is 0 Å². The molecular formula is C18H27N3S. The summed E-state index contributed by atoms with van der Waals surface area (Å²) in [5.74, 6) is 0. The minimum Gasteiger partial charge on any atom is -0.371 e. The van der Waals surface area contributed by atoms with Crippen LogP contribution in [0.1, 0.15) is 26.3 Å². The first kappa shape index (κ1) is 17.1. The highest BCUT2D eigenvalue weighted by atomic mass is 32.2. The van der Waals surface area contributed by atoms with E-state index in [0.717, 1.165) is 24.5 Å². The van der Waals surface area contributed by atoms with Crippen LogP contribution >= 0.6 is 11.8 Å². The van der Waals surface area contributed by atoms with Crippen LogP contribution < -0.4 is 0 Å². The predicted octanol–water partition coefficient (Wildman–Crippen LogP) is 3.71. The number of allylic oxidation sites excluding steroid dienone is 1. The van der Waals surface area contributed by atoms with E-state index in [1.807, 2.05) is 11.8 Å². The first-order chi connectivity index (χ1) is 10.4. The van der Waals surface area contributed by atoms with Crippen LogP contribution in [0.4, 0.5) is 0 Å². The third-order valence-corrected chi connectivity index (χ3v) is 4.69. The minimum absolute atomic E-state index is 0.612. The van der Waals surface area contributed by atoms with E-state index < -0.39 is 0 Å². The third kappa shape index (κ3) is 4.37. The highest BCUT2D eigenvalue weighted by molar-refractivity contribution is 7.99. The highest BCUT2D eigenvalue weighted by Gasteiger charge is 2.18. The largest absolute Gasteiger partial charge is 0.371 e. The molecule has 0 saturated heterocycles. The second kappa shape index (κ2) is 7.34. The van der Waals surface area contributed by atoms with E-state index in [2.05, 4.69) is 76.0 Å². The molecule has 0 unspecified atom stereocenters. The summed E-state index contributed by atoms with van der Waals surface area (Å²) >= 11 is 1.90. The fraction of sp³-hybridized carbons (Fsp3) is 0.500. The summed E-state index contributed by atoms with van der Waals surface area (Å²) in [4.78, 5) is 10.7. The van der Waals surface area contributed by atoms with Gasteiger partial charge in [0.15, 0.2) is 0 Å². The van der Waals surface area contributed by atoms with Crippen LogP contribution in [0.5, 0.6) is 0 Å². The number of rotatable bonds is 5. The van der Waals surface area contributed by atoms with Gasteiger partial charge in [0, 0.05) is 29.4 Å². The number of hydrogen-bond donors (Lipinski definition) is 0. The van der Waals surface area contributed by atoms with Gasteiger partial charge in [-0.05, 0) is 38.7 Å². The molecule has 0 fully saturated rings. The maximum Gasteiger partial charge on any atom is 0.0735 e. The average Bonchev–Trinajstić information content (AvgIpc) is 2.43. The summed E-state index contributed by atoms with van der Waals surface area (Å²) < 4.78 is 0. The molecule has 1 aromatic rings. The van der Waals surface area contributed by atoms with E-state index in [1.54, 1.807) is 0 Å². The van der Waals surface area contributed by atoms with Gasteiger partial charge in [-0.15, -0.1) is 11.8 Å². The first-order valence-electron chi connectivity index (χ1n) is 7.77. The van der Waals surface area contributed by atoms with Gasteiger partial charge in [0.25, 0.3) is 0 Å². The van der Waals surface area contributed by atoms with Crippen molar-refractivity contribution >= 4 is 17.5 Å². The van der Waals surface area contributed by atoms with Crippen LogP contribution in [0.2, 0.25) is 0 Å². The van der Waals surface area contributed by atoms with E-state index >= 15 is 0 Å². The van der Waals surface area contributed by atoms with Crippen LogP contribution in [-0.4, -0.2) is 55.0 Å². The molecule has 1 aliphatic heterocycles. The SMILES string of the molecule is CC1=C(CN(C)C)N=C(c2ccc(SC(C)C)cc2)CN1C. The standard InChI is InChI=1S/C18H27N3S/c1-13(2)22-16-9-7-15(8-10-16)18-12-21(6)14(3)17(19-18)11-20(4)5/h7-10,13H,11-12H2,1-6H3. The quantitative estimate of drug-likeness (QED) is 0.772. The maximum absolute atomic E-state index is 4.92. The van der Waals surface area contributed by atoms with Gasteiger partial charge in [-0.3, -0.25) is 4.99 Å². The normalized spacial score (nSPS) is 15.8. The number of likely N-dealkylation sites (N-methyl/N-ethyl adjacent to an activating group) is 2. The Morgan fingerprint density at radius 2 is 1.86 bits per heavy atom. The van der Waals surface area contributed by atoms with Gasteiger partial charge < -0.3 is 9.80 Å². The number of nitrogens with zero attached hydrogens (tertiary/aromatic N) is 3.